The summed E-state index contributed by atoms with van der Waals surface area (Å²) in [7, 11) is 0. The standard InChI is InChI=1S/C13H19NO/c1-10-9-14-11(2)8-13(10,15)12-6-4-3-5-7-12/h3-7,10-11,14-15H,8-9H2,1-2H3/t10-,11+,13-/m0/s1. The minimum atomic E-state index is -0.661. The molecule has 1 aliphatic rings. The molecule has 3 atom stereocenters. The van der Waals surface area contributed by atoms with Crippen molar-refractivity contribution in [3.05, 3.63) is 35.9 Å². The monoisotopic (exact) mass is 205 g/mol. The van der Waals surface area contributed by atoms with Crippen molar-refractivity contribution in [1.82, 2.24) is 5.32 Å². The predicted molar refractivity (Wildman–Crippen MR) is 61.6 cm³/mol. The molecule has 0 saturated carbocycles. The van der Waals surface area contributed by atoms with Gasteiger partial charge < -0.3 is 10.4 Å². The van der Waals surface area contributed by atoms with Crippen LogP contribution >= 0.6 is 0 Å². The van der Waals surface area contributed by atoms with E-state index in [9.17, 15) is 5.11 Å². The summed E-state index contributed by atoms with van der Waals surface area (Å²) < 4.78 is 0. The Bertz CT molecular complexity index is 325. The first-order chi connectivity index (χ1) is 7.13. The lowest BCUT2D eigenvalue weighted by atomic mass is 9.75. The molecule has 0 amide bonds. The zero-order valence-corrected chi connectivity index (χ0v) is 9.40. The van der Waals surface area contributed by atoms with Crippen LogP contribution in [0.4, 0.5) is 0 Å². The number of nitrogens with one attached hydrogen (secondary N) is 1. The first-order valence-corrected chi connectivity index (χ1v) is 5.64. The minimum Gasteiger partial charge on any atom is -0.385 e. The highest BCUT2D eigenvalue weighted by molar-refractivity contribution is 5.24. The first kappa shape index (κ1) is 10.7. The highest BCUT2D eigenvalue weighted by atomic mass is 16.3. The summed E-state index contributed by atoms with van der Waals surface area (Å²) in [6.45, 7) is 5.11. The predicted octanol–water partition coefficient (Wildman–Crippen LogP) is 1.89. The molecule has 0 aliphatic carbocycles. The van der Waals surface area contributed by atoms with E-state index in [1.807, 2.05) is 30.3 Å². The Balaban J connectivity index is 2.31. The molecule has 1 aliphatic heterocycles. The number of rotatable bonds is 1. The number of hydrogen-bond acceptors (Lipinski definition) is 2. The van der Waals surface area contributed by atoms with E-state index >= 15 is 0 Å². The van der Waals surface area contributed by atoms with E-state index < -0.39 is 5.60 Å². The molecule has 15 heavy (non-hydrogen) atoms. The Morgan fingerprint density at radius 3 is 2.60 bits per heavy atom. The highest BCUT2D eigenvalue weighted by Crippen LogP contribution is 2.36. The van der Waals surface area contributed by atoms with Crippen molar-refractivity contribution in [3.63, 3.8) is 0 Å². The van der Waals surface area contributed by atoms with Gasteiger partial charge in [0.15, 0.2) is 0 Å². The molecule has 0 spiro atoms. The maximum atomic E-state index is 10.7. The van der Waals surface area contributed by atoms with E-state index in [4.69, 9.17) is 0 Å². The second kappa shape index (κ2) is 3.95. The summed E-state index contributed by atoms with van der Waals surface area (Å²) in [5, 5.41) is 14.1. The molecular formula is C13H19NO. The second-order valence-corrected chi connectivity index (χ2v) is 4.70. The van der Waals surface area contributed by atoms with E-state index in [1.54, 1.807) is 0 Å². The van der Waals surface area contributed by atoms with Gasteiger partial charge in [0.25, 0.3) is 0 Å². The summed E-state index contributed by atoms with van der Waals surface area (Å²) in [6.07, 6.45) is 0.790. The minimum absolute atomic E-state index is 0.260. The van der Waals surface area contributed by atoms with Crippen LogP contribution in [0, 0.1) is 5.92 Å². The summed E-state index contributed by atoms with van der Waals surface area (Å²) >= 11 is 0. The number of hydrogen-bond donors (Lipinski definition) is 2. The average molecular weight is 205 g/mol. The molecule has 0 radical (unpaired) electrons. The molecule has 1 fully saturated rings. The largest absolute Gasteiger partial charge is 0.385 e. The van der Waals surface area contributed by atoms with Crippen molar-refractivity contribution < 1.29 is 5.11 Å². The average Bonchev–Trinajstić information content (AvgIpc) is 2.25. The van der Waals surface area contributed by atoms with Crippen LogP contribution in [0.3, 0.4) is 0 Å². The smallest absolute Gasteiger partial charge is 0.0948 e. The van der Waals surface area contributed by atoms with Gasteiger partial charge in [0.2, 0.25) is 0 Å². The molecule has 1 aromatic carbocycles. The Morgan fingerprint density at radius 2 is 1.93 bits per heavy atom. The fraction of sp³-hybridized carbons (Fsp3) is 0.538. The van der Waals surface area contributed by atoms with Gasteiger partial charge in [0, 0.05) is 18.5 Å². The molecule has 1 aromatic rings. The fourth-order valence-corrected chi connectivity index (χ4v) is 2.42. The lowest BCUT2D eigenvalue weighted by Gasteiger charge is -2.42. The molecule has 1 heterocycles. The van der Waals surface area contributed by atoms with Crippen LogP contribution in [0.1, 0.15) is 25.8 Å². The summed E-state index contributed by atoms with van der Waals surface area (Å²) in [6, 6.07) is 10.4. The molecule has 0 aromatic heterocycles. The number of aliphatic hydroxyl groups is 1. The van der Waals surface area contributed by atoms with Gasteiger partial charge in [-0.25, -0.2) is 0 Å². The number of piperidine rings is 1. The van der Waals surface area contributed by atoms with Gasteiger partial charge >= 0.3 is 0 Å². The van der Waals surface area contributed by atoms with Gasteiger partial charge in [0.05, 0.1) is 5.60 Å². The van der Waals surface area contributed by atoms with E-state index in [2.05, 4.69) is 19.2 Å². The van der Waals surface area contributed by atoms with Crippen LogP contribution < -0.4 is 5.32 Å². The number of benzene rings is 1. The molecule has 0 bridgehead atoms. The van der Waals surface area contributed by atoms with Gasteiger partial charge in [-0.2, -0.15) is 0 Å². The van der Waals surface area contributed by atoms with Crippen LogP contribution in [0.15, 0.2) is 30.3 Å². The molecule has 82 valence electrons. The third kappa shape index (κ3) is 1.92. The zero-order valence-electron chi connectivity index (χ0n) is 9.40. The van der Waals surface area contributed by atoms with Crippen LogP contribution in [0.25, 0.3) is 0 Å². The Morgan fingerprint density at radius 1 is 1.27 bits per heavy atom. The van der Waals surface area contributed by atoms with Crippen molar-refractivity contribution in [3.8, 4) is 0 Å². The van der Waals surface area contributed by atoms with Crippen molar-refractivity contribution in [1.29, 1.82) is 0 Å². The molecule has 2 heteroatoms. The van der Waals surface area contributed by atoms with Crippen molar-refractivity contribution in [2.45, 2.75) is 31.9 Å². The van der Waals surface area contributed by atoms with Gasteiger partial charge in [-0.05, 0) is 18.9 Å². The molecule has 2 nitrogen and oxygen atoms in total. The Hall–Kier alpha value is -0.860. The summed E-state index contributed by atoms with van der Waals surface area (Å²) in [5.41, 5.74) is 0.386. The molecule has 2 N–H and O–H groups in total. The second-order valence-electron chi connectivity index (χ2n) is 4.70. The lowest BCUT2D eigenvalue weighted by Crippen LogP contribution is -2.50. The zero-order chi connectivity index (χ0) is 10.9. The van der Waals surface area contributed by atoms with Crippen LogP contribution in [-0.2, 0) is 5.60 Å². The molecule has 0 unspecified atom stereocenters. The van der Waals surface area contributed by atoms with Crippen LogP contribution in [0.2, 0.25) is 0 Å². The Labute approximate surface area is 91.3 Å². The van der Waals surface area contributed by atoms with Crippen LogP contribution in [0.5, 0.6) is 0 Å². The fourth-order valence-electron chi connectivity index (χ4n) is 2.42. The third-order valence-electron chi connectivity index (χ3n) is 3.48. The molecule has 1 saturated heterocycles. The van der Waals surface area contributed by atoms with Gasteiger partial charge in [0.1, 0.15) is 0 Å². The highest BCUT2D eigenvalue weighted by Gasteiger charge is 2.39. The van der Waals surface area contributed by atoms with E-state index in [0.717, 1.165) is 18.5 Å². The Kier molecular flexibility index (Phi) is 2.81. The van der Waals surface area contributed by atoms with Crippen molar-refractivity contribution >= 4 is 0 Å². The molecular weight excluding hydrogens is 186 g/mol. The summed E-state index contributed by atoms with van der Waals surface area (Å²) in [4.78, 5) is 0. The maximum Gasteiger partial charge on any atom is 0.0948 e. The SMILES string of the molecule is C[C@@H]1C[C@@](O)(c2ccccc2)[C@@H](C)CN1. The lowest BCUT2D eigenvalue weighted by molar-refractivity contribution is -0.0507. The first-order valence-electron chi connectivity index (χ1n) is 5.64. The quantitative estimate of drug-likeness (QED) is 0.734. The van der Waals surface area contributed by atoms with Crippen LogP contribution in [-0.4, -0.2) is 17.7 Å². The normalized spacial score (nSPS) is 36.5. The third-order valence-corrected chi connectivity index (χ3v) is 3.48. The molecule has 2 rings (SSSR count). The van der Waals surface area contributed by atoms with Crippen molar-refractivity contribution in [2.75, 3.05) is 6.54 Å². The van der Waals surface area contributed by atoms with E-state index in [0.29, 0.717) is 6.04 Å². The maximum absolute atomic E-state index is 10.7. The van der Waals surface area contributed by atoms with E-state index in [-0.39, 0.29) is 5.92 Å². The van der Waals surface area contributed by atoms with Gasteiger partial charge in [-0.1, -0.05) is 37.3 Å². The van der Waals surface area contributed by atoms with Gasteiger partial charge in [-0.15, -0.1) is 0 Å². The van der Waals surface area contributed by atoms with E-state index in [1.165, 1.54) is 0 Å². The van der Waals surface area contributed by atoms with Gasteiger partial charge in [-0.3, -0.25) is 0 Å². The summed E-state index contributed by atoms with van der Waals surface area (Å²) in [5.74, 6) is 0.260. The van der Waals surface area contributed by atoms with Crippen molar-refractivity contribution in [2.24, 2.45) is 5.92 Å². The topological polar surface area (TPSA) is 32.3 Å².